The number of terminal acetylenes is 1. The van der Waals surface area contributed by atoms with Gasteiger partial charge in [-0.1, -0.05) is 12.8 Å². The van der Waals surface area contributed by atoms with Crippen LogP contribution in [0.4, 0.5) is 0 Å². The molecule has 1 saturated carbocycles. The topological polar surface area (TPSA) is 20.3 Å². The first kappa shape index (κ1) is 8.62. The number of likely N-dealkylation sites (tertiary alicyclic amines) is 1. The zero-order chi connectivity index (χ0) is 9.26. The third-order valence-corrected chi connectivity index (χ3v) is 3.16. The maximum atomic E-state index is 11.6. The van der Waals surface area contributed by atoms with E-state index in [-0.39, 0.29) is 11.8 Å². The molecule has 0 aromatic heterocycles. The second kappa shape index (κ2) is 3.41. The van der Waals surface area contributed by atoms with Crippen molar-refractivity contribution in [3.8, 4) is 12.3 Å². The van der Waals surface area contributed by atoms with Gasteiger partial charge < -0.3 is 4.90 Å². The lowest BCUT2D eigenvalue weighted by Gasteiger charge is -2.23. The summed E-state index contributed by atoms with van der Waals surface area (Å²) in [5.74, 6) is 3.13. The van der Waals surface area contributed by atoms with E-state index in [1.165, 1.54) is 25.7 Å². The SMILES string of the molecule is C#CC1CC(=O)N(C2CCCC2)C1. The van der Waals surface area contributed by atoms with Crippen LogP contribution in [0.5, 0.6) is 0 Å². The van der Waals surface area contributed by atoms with Crippen molar-refractivity contribution in [1.29, 1.82) is 0 Å². The van der Waals surface area contributed by atoms with Crippen LogP contribution >= 0.6 is 0 Å². The average molecular weight is 177 g/mol. The van der Waals surface area contributed by atoms with E-state index in [0.717, 1.165) is 6.54 Å². The summed E-state index contributed by atoms with van der Waals surface area (Å²) in [5.41, 5.74) is 0. The van der Waals surface area contributed by atoms with Gasteiger partial charge in [0, 0.05) is 24.9 Å². The number of nitrogens with zero attached hydrogens (tertiary/aromatic N) is 1. The Labute approximate surface area is 79.3 Å². The van der Waals surface area contributed by atoms with E-state index < -0.39 is 0 Å². The number of hydrogen-bond acceptors (Lipinski definition) is 1. The van der Waals surface area contributed by atoms with Crippen molar-refractivity contribution in [1.82, 2.24) is 4.90 Å². The van der Waals surface area contributed by atoms with Gasteiger partial charge in [0.25, 0.3) is 0 Å². The summed E-state index contributed by atoms with van der Waals surface area (Å²) < 4.78 is 0. The molecule has 2 heteroatoms. The lowest BCUT2D eigenvalue weighted by atomic mass is 10.1. The van der Waals surface area contributed by atoms with Crippen LogP contribution in [0.25, 0.3) is 0 Å². The minimum Gasteiger partial charge on any atom is -0.338 e. The van der Waals surface area contributed by atoms with E-state index in [4.69, 9.17) is 6.42 Å². The smallest absolute Gasteiger partial charge is 0.224 e. The molecule has 1 amide bonds. The van der Waals surface area contributed by atoms with Gasteiger partial charge in [0.05, 0.1) is 0 Å². The number of carbonyl (C=O) groups excluding carboxylic acids is 1. The molecule has 1 atom stereocenters. The van der Waals surface area contributed by atoms with Crippen molar-refractivity contribution in [2.24, 2.45) is 5.92 Å². The van der Waals surface area contributed by atoms with Gasteiger partial charge in [-0.2, -0.15) is 0 Å². The molecular formula is C11H15NO. The summed E-state index contributed by atoms with van der Waals surface area (Å²) >= 11 is 0. The maximum Gasteiger partial charge on any atom is 0.224 e. The third kappa shape index (κ3) is 1.56. The Kier molecular flexibility index (Phi) is 2.26. The molecule has 2 nitrogen and oxygen atoms in total. The molecule has 1 aliphatic heterocycles. The molecular weight excluding hydrogens is 162 g/mol. The molecule has 0 aromatic carbocycles. The largest absolute Gasteiger partial charge is 0.338 e. The molecule has 70 valence electrons. The van der Waals surface area contributed by atoms with E-state index in [0.29, 0.717) is 12.5 Å². The molecule has 1 aliphatic carbocycles. The van der Waals surface area contributed by atoms with Crippen molar-refractivity contribution >= 4 is 5.91 Å². The molecule has 0 radical (unpaired) electrons. The minimum atomic E-state index is 0.174. The van der Waals surface area contributed by atoms with Crippen molar-refractivity contribution < 1.29 is 4.79 Å². The molecule has 2 rings (SSSR count). The zero-order valence-electron chi connectivity index (χ0n) is 7.83. The summed E-state index contributed by atoms with van der Waals surface area (Å²) in [6.07, 6.45) is 10.8. The molecule has 0 spiro atoms. The highest BCUT2D eigenvalue weighted by Gasteiger charge is 2.34. The Hall–Kier alpha value is -0.970. The van der Waals surface area contributed by atoms with Gasteiger partial charge in [-0.3, -0.25) is 4.79 Å². The zero-order valence-corrected chi connectivity index (χ0v) is 7.83. The standard InChI is InChI=1S/C11H15NO/c1-2-9-7-11(13)12(8-9)10-5-3-4-6-10/h1,9-10H,3-8H2. The highest BCUT2D eigenvalue weighted by Crippen LogP contribution is 2.28. The normalized spacial score (nSPS) is 29.6. The fourth-order valence-corrected chi connectivity index (χ4v) is 2.41. The maximum absolute atomic E-state index is 11.6. The van der Waals surface area contributed by atoms with Crippen LogP contribution in [0.15, 0.2) is 0 Å². The van der Waals surface area contributed by atoms with Gasteiger partial charge in [0.2, 0.25) is 5.91 Å². The van der Waals surface area contributed by atoms with Crippen molar-refractivity contribution in [3.05, 3.63) is 0 Å². The fourth-order valence-electron chi connectivity index (χ4n) is 2.41. The number of carbonyl (C=O) groups is 1. The van der Waals surface area contributed by atoms with Crippen molar-refractivity contribution in [3.63, 3.8) is 0 Å². The first-order valence-corrected chi connectivity index (χ1v) is 5.07. The van der Waals surface area contributed by atoms with Crippen LogP contribution in [0, 0.1) is 18.3 Å². The van der Waals surface area contributed by atoms with Crippen LogP contribution in [0.3, 0.4) is 0 Å². The minimum absolute atomic E-state index is 0.174. The number of hydrogen-bond donors (Lipinski definition) is 0. The summed E-state index contributed by atoms with van der Waals surface area (Å²) in [7, 11) is 0. The first-order valence-electron chi connectivity index (χ1n) is 5.07. The van der Waals surface area contributed by atoms with Gasteiger partial charge in [0.15, 0.2) is 0 Å². The molecule has 13 heavy (non-hydrogen) atoms. The van der Waals surface area contributed by atoms with E-state index in [9.17, 15) is 4.79 Å². The lowest BCUT2D eigenvalue weighted by molar-refractivity contribution is -0.129. The molecule has 1 unspecified atom stereocenters. The average Bonchev–Trinajstić information content (AvgIpc) is 2.72. The summed E-state index contributed by atoms with van der Waals surface area (Å²) in [6.45, 7) is 0.806. The van der Waals surface area contributed by atoms with Gasteiger partial charge in [0.1, 0.15) is 0 Å². The molecule has 1 heterocycles. The van der Waals surface area contributed by atoms with Crippen LogP contribution in [-0.2, 0) is 4.79 Å². The number of amides is 1. The second-order valence-corrected chi connectivity index (χ2v) is 4.05. The third-order valence-electron chi connectivity index (χ3n) is 3.16. The monoisotopic (exact) mass is 177 g/mol. The van der Waals surface area contributed by atoms with Crippen LogP contribution < -0.4 is 0 Å². The highest BCUT2D eigenvalue weighted by molar-refractivity contribution is 5.79. The van der Waals surface area contributed by atoms with Gasteiger partial charge in [-0.15, -0.1) is 12.3 Å². The van der Waals surface area contributed by atoms with Crippen LogP contribution in [-0.4, -0.2) is 23.4 Å². The Morgan fingerprint density at radius 3 is 2.62 bits per heavy atom. The van der Waals surface area contributed by atoms with E-state index in [2.05, 4.69) is 5.92 Å². The van der Waals surface area contributed by atoms with Crippen LogP contribution in [0.1, 0.15) is 32.1 Å². The second-order valence-electron chi connectivity index (χ2n) is 4.05. The molecule has 2 fully saturated rings. The molecule has 2 aliphatic rings. The van der Waals surface area contributed by atoms with Crippen LogP contribution in [0.2, 0.25) is 0 Å². The molecule has 0 bridgehead atoms. The molecule has 0 aromatic rings. The molecule has 1 saturated heterocycles. The summed E-state index contributed by atoms with van der Waals surface area (Å²) in [5, 5.41) is 0. The van der Waals surface area contributed by atoms with Gasteiger partial charge in [-0.05, 0) is 12.8 Å². The van der Waals surface area contributed by atoms with E-state index >= 15 is 0 Å². The molecule has 0 N–H and O–H groups in total. The van der Waals surface area contributed by atoms with Crippen molar-refractivity contribution in [2.75, 3.05) is 6.54 Å². The predicted molar refractivity (Wildman–Crippen MR) is 50.9 cm³/mol. The van der Waals surface area contributed by atoms with E-state index in [1.54, 1.807) is 0 Å². The summed E-state index contributed by atoms with van der Waals surface area (Å²) in [6, 6.07) is 0.505. The highest BCUT2D eigenvalue weighted by atomic mass is 16.2. The quantitative estimate of drug-likeness (QED) is 0.554. The Bertz CT molecular complexity index is 247. The Morgan fingerprint density at radius 1 is 1.38 bits per heavy atom. The number of rotatable bonds is 1. The predicted octanol–water partition coefficient (Wildman–Crippen LogP) is 1.41. The van der Waals surface area contributed by atoms with Gasteiger partial charge >= 0.3 is 0 Å². The van der Waals surface area contributed by atoms with Gasteiger partial charge in [-0.25, -0.2) is 0 Å². The van der Waals surface area contributed by atoms with E-state index in [1.807, 2.05) is 4.90 Å². The first-order chi connectivity index (χ1) is 6.31. The Balaban J connectivity index is 2.00. The van der Waals surface area contributed by atoms with Crippen molar-refractivity contribution in [2.45, 2.75) is 38.1 Å². The lowest BCUT2D eigenvalue weighted by Crippen LogP contribution is -2.34. The Morgan fingerprint density at radius 2 is 2.08 bits per heavy atom. The summed E-state index contributed by atoms with van der Waals surface area (Å²) in [4.78, 5) is 13.6. The fraction of sp³-hybridized carbons (Fsp3) is 0.727.